The number of rotatable bonds is 6. The molecule has 1 heterocycles. The Balaban J connectivity index is 1.93. The second-order valence-electron chi connectivity index (χ2n) is 5.61. The minimum Gasteiger partial charge on any atom is -0.482 e. The molecule has 0 unspecified atom stereocenters. The Hall–Kier alpha value is -2.90. The zero-order chi connectivity index (χ0) is 17.7. The second kappa shape index (κ2) is 7.58. The molecule has 24 heavy (non-hydrogen) atoms. The molecule has 0 aliphatic heterocycles. The number of hydrogen-bond donors (Lipinski definition) is 2. The molecule has 8 heteroatoms. The van der Waals surface area contributed by atoms with Crippen molar-refractivity contribution < 1.29 is 14.3 Å². The van der Waals surface area contributed by atoms with Crippen molar-refractivity contribution >= 4 is 17.9 Å². The Morgan fingerprint density at radius 2 is 1.83 bits per heavy atom. The zero-order valence-corrected chi connectivity index (χ0v) is 13.9. The average molecular weight is 331 g/mol. The Kier molecular flexibility index (Phi) is 5.51. The van der Waals surface area contributed by atoms with Crippen LogP contribution in [-0.2, 0) is 16.1 Å². The highest BCUT2D eigenvalue weighted by molar-refractivity contribution is 5.71. The smallest absolute Gasteiger partial charge is 0.344 e. The van der Waals surface area contributed by atoms with Crippen LogP contribution >= 0.6 is 0 Å². The van der Waals surface area contributed by atoms with Gasteiger partial charge in [0, 0.05) is 0 Å². The summed E-state index contributed by atoms with van der Waals surface area (Å²) in [5.74, 6) is 0.566. The molecule has 0 saturated carbocycles. The number of carbonyl (C=O) groups is 1. The van der Waals surface area contributed by atoms with Crippen molar-refractivity contribution in [2.75, 3.05) is 18.1 Å². The third kappa shape index (κ3) is 4.80. The number of esters is 1. The number of nitrogens with zero attached hydrogens (tertiary/aromatic N) is 3. The molecular formula is C16H21N5O3. The highest BCUT2D eigenvalue weighted by Gasteiger charge is 2.12. The Bertz CT molecular complexity index is 713. The lowest BCUT2D eigenvalue weighted by molar-refractivity contribution is -0.147. The number of aromatic nitrogens is 3. The van der Waals surface area contributed by atoms with Crippen LogP contribution in [0.1, 0.15) is 36.7 Å². The summed E-state index contributed by atoms with van der Waals surface area (Å²) in [4.78, 5) is 23.1. The third-order valence-corrected chi connectivity index (χ3v) is 3.22. The quantitative estimate of drug-likeness (QED) is 0.764. The van der Waals surface area contributed by atoms with E-state index in [1.165, 1.54) is 0 Å². The van der Waals surface area contributed by atoms with Gasteiger partial charge in [0.1, 0.15) is 5.75 Å². The van der Waals surface area contributed by atoms with Gasteiger partial charge in [0.15, 0.2) is 19.0 Å². The maximum absolute atomic E-state index is 11.8. The van der Waals surface area contributed by atoms with Crippen molar-refractivity contribution in [3.8, 4) is 5.75 Å². The molecule has 0 spiro atoms. The number of carbonyl (C=O) groups excluding carboxylic acids is 1. The van der Waals surface area contributed by atoms with E-state index in [2.05, 4.69) is 28.8 Å². The first-order valence-corrected chi connectivity index (χ1v) is 7.50. The number of benzene rings is 1. The van der Waals surface area contributed by atoms with Crippen LogP contribution in [0, 0.1) is 6.92 Å². The molecule has 128 valence electrons. The number of aryl methyl sites for hydroxylation is 1. The number of anilines is 2. The van der Waals surface area contributed by atoms with Gasteiger partial charge in [0.25, 0.3) is 0 Å². The van der Waals surface area contributed by atoms with Gasteiger partial charge in [0.05, 0.1) is 0 Å². The van der Waals surface area contributed by atoms with Gasteiger partial charge in [-0.1, -0.05) is 26.0 Å². The fourth-order valence-electron chi connectivity index (χ4n) is 2.09. The topological polar surface area (TPSA) is 126 Å². The maximum Gasteiger partial charge on any atom is 0.344 e. The van der Waals surface area contributed by atoms with Crippen molar-refractivity contribution in [3.63, 3.8) is 0 Å². The monoisotopic (exact) mass is 331 g/mol. The summed E-state index contributed by atoms with van der Waals surface area (Å²) in [6, 6.07) is 5.91. The predicted octanol–water partition coefficient (Wildman–Crippen LogP) is 1.59. The van der Waals surface area contributed by atoms with Crippen LogP contribution in [0.3, 0.4) is 0 Å². The van der Waals surface area contributed by atoms with Crippen LogP contribution in [0.15, 0.2) is 18.2 Å². The highest BCUT2D eigenvalue weighted by Crippen LogP contribution is 2.27. The molecule has 0 saturated heterocycles. The van der Waals surface area contributed by atoms with E-state index in [1.54, 1.807) is 0 Å². The van der Waals surface area contributed by atoms with Crippen LogP contribution in [0.25, 0.3) is 0 Å². The van der Waals surface area contributed by atoms with Crippen molar-refractivity contribution in [2.45, 2.75) is 33.3 Å². The molecule has 0 radical (unpaired) electrons. The van der Waals surface area contributed by atoms with Gasteiger partial charge in [-0.25, -0.2) is 4.79 Å². The van der Waals surface area contributed by atoms with E-state index in [0.29, 0.717) is 5.75 Å². The molecule has 0 bridgehead atoms. The standard InChI is InChI=1S/C16H21N5O3/c1-9(2)11-5-4-10(3)6-12(11)23-8-14(22)24-7-13-19-15(17)21-16(18)20-13/h4-6,9H,7-8H2,1-3H3,(H4,17,18,19,20,21). The number of nitrogen functional groups attached to an aromatic ring is 2. The largest absolute Gasteiger partial charge is 0.482 e. The zero-order valence-electron chi connectivity index (χ0n) is 13.9. The van der Waals surface area contributed by atoms with Gasteiger partial charge >= 0.3 is 5.97 Å². The number of hydrogen-bond acceptors (Lipinski definition) is 8. The summed E-state index contributed by atoms with van der Waals surface area (Å²) in [7, 11) is 0. The Morgan fingerprint density at radius 3 is 2.46 bits per heavy atom. The minimum atomic E-state index is -0.538. The first-order chi connectivity index (χ1) is 11.3. The summed E-state index contributed by atoms with van der Waals surface area (Å²) >= 11 is 0. The normalized spacial score (nSPS) is 10.7. The summed E-state index contributed by atoms with van der Waals surface area (Å²) in [6.07, 6.45) is 0. The molecule has 2 rings (SSSR count). The van der Waals surface area contributed by atoms with Crippen LogP contribution in [0.5, 0.6) is 5.75 Å². The summed E-state index contributed by atoms with van der Waals surface area (Å²) in [5.41, 5.74) is 13.0. The van der Waals surface area contributed by atoms with Gasteiger partial charge < -0.3 is 20.9 Å². The maximum atomic E-state index is 11.8. The SMILES string of the molecule is Cc1ccc(C(C)C)c(OCC(=O)OCc2nc(N)nc(N)n2)c1. The van der Waals surface area contributed by atoms with Crippen molar-refractivity contribution in [1.82, 2.24) is 15.0 Å². The molecule has 1 aromatic heterocycles. The lowest BCUT2D eigenvalue weighted by Gasteiger charge is -2.14. The molecule has 0 fully saturated rings. The van der Waals surface area contributed by atoms with Crippen molar-refractivity contribution in [3.05, 3.63) is 35.2 Å². The van der Waals surface area contributed by atoms with Crippen LogP contribution < -0.4 is 16.2 Å². The minimum absolute atomic E-state index is 0.0221. The summed E-state index contributed by atoms with van der Waals surface area (Å²) in [6.45, 7) is 5.73. The lowest BCUT2D eigenvalue weighted by atomic mass is 10.0. The lowest BCUT2D eigenvalue weighted by Crippen LogP contribution is -2.17. The fraction of sp³-hybridized carbons (Fsp3) is 0.375. The molecular weight excluding hydrogens is 310 g/mol. The molecule has 0 amide bonds. The molecule has 1 aromatic carbocycles. The van der Waals surface area contributed by atoms with E-state index in [1.807, 2.05) is 25.1 Å². The van der Waals surface area contributed by atoms with Crippen LogP contribution in [0.2, 0.25) is 0 Å². The molecule has 8 nitrogen and oxygen atoms in total. The second-order valence-corrected chi connectivity index (χ2v) is 5.61. The van der Waals surface area contributed by atoms with E-state index in [0.717, 1.165) is 11.1 Å². The third-order valence-electron chi connectivity index (χ3n) is 3.22. The van der Waals surface area contributed by atoms with Gasteiger partial charge in [-0.3, -0.25) is 0 Å². The van der Waals surface area contributed by atoms with Crippen LogP contribution in [0.4, 0.5) is 11.9 Å². The summed E-state index contributed by atoms with van der Waals surface area (Å²) in [5, 5.41) is 0. The Morgan fingerprint density at radius 1 is 1.17 bits per heavy atom. The summed E-state index contributed by atoms with van der Waals surface area (Å²) < 4.78 is 10.7. The molecule has 4 N–H and O–H groups in total. The fourth-order valence-corrected chi connectivity index (χ4v) is 2.09. The van der Waals surface area contributed by atoms with E-state index < -0.39 is 5.97 Å². The molecule has 0 aliphatic rings. The predicted molar refractivity (Wildman–Crippen MR) is 89.2 cm³/mol. The number of ether oxygens (including phenoxy) is 2. The van der Waals surface area contributed by atoms with Crippen molar-refractivity contribution in [1.29, 1.82) is 0 Å². The van der Waals surface area contributed by atoms with Gasteiger partial charge in [0.2, 0.25) is 11.9 Å². The average Bonchev–Trinajstić information content (AvgIpc) is 2.49. The van der Waals surface area contributed by atoms with Gasteiger partial charge in [-0.05, 0) is 30.0 Å². The molecule has 0 aliphatic carbocycles. The molecule has 2 aromatic rings. The van der Waals surface area contributed by atoms with Crippen LogP contribution in [-0.4, -0.2) is 27.5 Å². The highest BCUT2D eigenvalue weighted by atomic mass is 16.6. The van der Waals surface area contributed by atoms with E-state index in [-0.39, 0.29) is 36.9 Å². The first-order valence-electron chi connectivity index (χ1n) is 7.50. The van der Waals surface area contributed by atoms with Gasteiger partial charge in [-0.15, -0.1) is 0 Å². The van der Waals surface area contributed by atoms with E-state index in [4.69, 9.17) is 20.9 Å². The van der Waals surface area contributed by atoms with Gasteiger partial charge in [-0.2, -0.15) is 15.0 Å². The van der Waals surface area contributed by atoms with Crippen molar-refractivity contribution in [2.24, 2.45) is 0 Å². The number of nitrogens with two attached hydrogens (primary N) is 2. The Labute approximate surface area is 140 Å². The first kappa shape index (κ1) is 17.5. The molecule has 0 atom stereocenters. The van der Waals surface area contributed by atoms with E-state index >= 15 is 0 Å². The van der Waals surface area contributed by atoms with E-state index in [9.17, 15) is 4.79 Å².